The number of thiophene rings is 1. The van der Waals surface area contributed by atoms with Crippen molar-refractivity contribution in [2.45, 2.75) is 0 Å². The van der Waals surface area contributed by atoms with Gasteiger partial charge in [-0.15, -0.1) is 11.3 Å². The summed E-state index contributed by atoms with van der Waals surface area (Å²) in [6.45, 7) is 0. The van der Waals surface area contributed by atoms with Crippen LogP contribution < -0.4 is 0 Å². The molecule has 0 fully saturated rings. The summed E-state index contributed by atoms with van der Waals surface area (Å²) < 4.78 is 16.3. The SMILES string of the molecule is c1ccc(-c2oc3ccc4c(oc5cccc(-c6c7ccccc7c(-c7ccc8sc9ccccc9c8c7)c7ccccc67)c54)c3c2-c2ccccc2)cc1. The van der Waals surface area contributed by atoms with Crippen molar-refractivity contribution < 1.29 is 8.83 Å². The third-order valence-electron chi connectivity index (χ3n) is 11.3. The van der Waals surface area contributed by atoms with Crippen molar-refractivity contribution in [2.75, 3.05) is 0 Å². The molecular weight excluding hydrogens is 689 g/mol. The fraction of sp³-hybridized carbons (Fsp3) is 0. The van der Waals surface area contributed by atoms with Crippen molar-refractivity contribution in [3.8, 4) is 44.7 Å². The lowest BCUT2D eigenvalue weighted by Crippen LogP contribution is -1.91. The second kappa shape index (κ2) is 11.8. The highest BCUT2D eigenvalue weighted by molar-refractivity contribution is 7.25. The minimum atomic E-state index is 0.807. The van der Waals surface area contributed by atoms with Gasteiger partial charge in [-0.25, -0.2) is 0 Å². The molecule has 3 heteroatoms. The molecule has 0 spiro atoms. The van der Waals surface area contributed by atoms with E-state index in [9.17, 15) is 0 Å². The van der Waals surface area contributed by atoms with Crippen LogP contribution in [0.4, 0.5) is 0 Å². The molecule has 3 aromatic heterocycles. The van der Waals surface area contributed by atoms with Crippen molar-refractivity contribution >= 4 is 86.0 Å². The molecule has 55 heavy (non-hydrogen) atoms. The molecule has 2 nitrogen and oxygen atoms in total. The van der Waals surface area contributed by atoms with E-state index in [1.807, 2.05) is 17.4 Å². The highest BCUT2D eigenvalue weighted by Gasteiger charge is 2.25. The molecular formula is C52H30O2S. The van der Waals surface area contributed by atoms with Crippen LogP contribution in [0.25, 0.3) is 119 Å². The van der Waals surface area contributed by atoms with Crippen LogP contribution in [0.5, 0.6) is 0 Å². The van der Waals surface area contributed by atoms with Gasteiger partial charge in [-0.2, -0.15) is 0 Å². The normalized spacial score (nSPS) is 12.0. The molecule has 12 aromatic rings. The van der Waals surface area contributed by atoms with E-state index in [1.165, 1.54) is 58.4 Å². The Morgan fingerprint density at radius 3 is 1.65 bits per heavy atom. The molecule has 12 rings (SSSR count). The molecule has 0 unspecified atom stereocenters. The summed E-state index contributed by atoms with van der Waals surface area (Å²) in [4.78, 5) is 0. The third kappa shape index (κ3) is 4.48. The van der Waals surface area contributed by atoms with Gasteiger partial charge < -0.3 is 8.83 Å². The molecule has 0 aliphatic heterocycles. The van der Waals surface area contributed by atoms with E-state index in [4.69, 9.17) is 8.83 Å². The second-order valence-electron chi connectivity index (χ2n) is 14.3. The van der Waals surface area contributed by atoms with Gasteiger partial charge in [0.2, 0.25) is 0 Å². The lowest BCUT2D eigenvalue weighted by atomic mass is 9.84. The standard InChI is InChI=1S/C52H30O2S/c1-3-14-31(15-4-1)47-50-43(53-51(47)32-16-5-2-6-17-32)28-27-40-49-39(23-13-24-42(49)54-52(40)50)48-37-21-9-7-19-35(37)46(36-20-8-10-22-38(36)48)33-26-29-45-41(30-33)34-18-11-12-25-44(34)55-45/h1-30H. The zero-order valence-electron chi connectivity index (χ0n) is 29.5. The molecule has 9 aromatic carbocycles. The van der Waals surface area contributed by atoms with Crippen molar-refractivity contribution in [3.63, 3.8) is 0 Å². The van der Waals surface area contributed by atoms with Gasteiger partial charge >= 0.3 is 0 Å². The first kappa shape index (κ1) is 30.5. The number of furan rings is 2. The molecule has 0 atom stereocenters. The number of fused-ring (bicyclic) bond motifs is 10. The maximum atomic E-state index is 6.97. The van der Waals surface area contributed by atoms with E-state index in [1.54, 1.807) is 0 Å². The Labute approximate surface area is 320 Å². The second-order valence-corrected chi connectivity index (χ2v) is 15.4. The molecule has 0 aliphatic carbocycles. The fourth-order valence-corrected chi connectivity index (χ4v) is 10.0. The van der Waals surface area contributed by atoms with Gasteiger partial charge in [-0.1, -0.05) is 146 Å². The topological polar surface area (TPSA) is 26.3 Å². The Kier molecular flexibility index (Phi) is 6.54. The molecule has 0 radical (unpaired) electrons. The molecule has 0 aliphatic rings. The van der Waals surface area contributed by atoms with Crippen LogP contribution in [0.3, 0.4) is 0 Å². The van der Waals surface area contributed by atoms with Gasteiger partial charge in [0.15, 0.2) is 0 Å². The molecule has 0 saturated heterocycles. The molecule has 0 bridgehead atoms. The van der Waals surface area contributed by atoms with E-state index in [2.05, 4.69) is 176 Å². The van der Waals surface area contributed by atoms with Gasteiger partial charge in [0.25, 0.3) is 0 Å². The van der Waals surface area contributed by atoms with Crippen LogP contribution in [0.1, 0.15) is 0 Å². The predicted octanol–water partition coefficient (Wildman–Crippen LogP) is 15.7. The first-order valence-electron chi connectivity index (χ1n) is 18.7. The maximum absolute atomic E-state index is 6.97. The van der Waals surface area contributed by atoms with E-state index in [0.717, 1.165) is 60.9 Å². The minimum absolute atomic E-state index is 0.807. The van der Waals surface area contributed by atoms with Crippen molar-refractivity contribution in [1.82, 2.24) is 0 Å². The monoisotopic (exact) mass is 718 g/mol. The first-order chi connectivity index (χ1) is 27.3. The molecule has 0 saturated carbocycles. The van der Waals surface area contributed by atoms with Crippen LogP contribution >= 0.6 is 11.3 Å². The lowest BCUT2D eigenvalue weighted by Gasteiger charge is -2.18. The average Bonchev–Trinajstić information content (AvgIpc) is 3.95. The van der Waals surface area contributed by atoms with Crippen molar-refractivity contribution in [2.24, 2.45) is 0 Å². The van der Waals surface area contributed by atoms with E-state index in [-0.39, 0.29) is 0 Å². The molecule has 0 amide bonds. The summed E-state index contributed by atoms with van der Waals surface area (Å²) in [5.74, 6) is 0.844. The summed E-state index contributed by atoms with van der Waals surface area (Å²) in [5, 5.41) is 10.7. The van der Waals surface area contributed by atoms with Crippen LogP contribution in [0, 0.1) is 0 Å². The van der Waals surface area contributed by atoms with Gasteiger partial charge in [0.05, 0.1) is 5.39 Å². The number of benzene rings is 9. The Hall–Kier alpha value is -6.94. The Morgan fingerprint density at radius 2 is 0.927 bits per heavy atom. The summed E-state index contributed by atoms with van der Waals surface area (Å²) in [6.07, 6.45) is 0. The van der Waals surface area contributed by atoms with Crippen molar-refractivity contribution in [1.29, 1.82) is 0 Å². The van der Waals surface area contributed by atoms with Gasteiger partial charge in [0, 0.05) is 42.1 Å². The van der Waals surface area contributed by atoms with Gasteiger partial charge in [-0.3, -0.25) is 0 Å². The molecule has 3 heterocycles. The number of hydrogen-bond acceptors (Lipinski definition) is 3. The minimum Gasteiger partial charge on any atom is -0.455 e. The van der Waals surface area contributed by atoms with Gasteiger partial charge in [-0.05, 0) is 85.8 Å². The summed E-state index contributed by atoms with van der Waals surface area (Å²) in [6, 6.07) is 65.3. The summed E-state index contributed by atoms with van der Waals surface area (Å²) in [7, 11) is 0. The fourth-order valence-electron chi connectivity index (χ4n) is 8.96. The zero-order chi connectivity index (χ0) is 36.0. The highest BCUT2D eigenvalue weighted by atomic mass is 32.1. The Morgan fingerprint density at radius 1 is 0.327 bits per heavy atom. The smallest absolute Gasteiger partial charge is 0.147 e. The Balaban J connectivity index is 1.16. The van der Waals surface area contributed by atoms with Gasteiger partial charge in [0.1, 0.15) is 22.5 Å². The van der Waals surface area contributed by atoms with E-state index >= 15 is 0 Å². The lowest BCUT2D eigenvalue weighted by molar-refractivity contribution is 0.631. The van der Waals surface area contributed by atoms with Crippen molar-refractivity contribution in [3.05, 3.63) is 182 Å². The largest absolute Gasteiger partial charge is 0.455 e. The number of hydrogen-bond donors (Lipinski definition) is 0. The van der Waals surface area contributed by atoms with E-state index in [0.29, 0.717) is 0 Å². The summed E-state index contributed by atoms with van der Waals surface area (Å²) in [5.41, 5.74) is 10.5. The number of rotatable bonds is 4. The average molecular weight is 719 g/mol. The molecule has 256 valence electrons. The third-order valence-corrected chi connectivity index (χ3v) is 12.4. The highest BCUT2D eigenvalue weighted by Crippen LogP contribution is 2.50. The Bertz CT molecular complexity index is 3420. The van der Waals surface area contributed by atoms with Crippen LogP contribution in [-0.4, -0.2) is 0 Å². The van der Waals surface area contributed by atoms with E-state index < -0.39 is 0 Å². The zero-order valence-corrected chi connectivity index (χ0v) is 30.4. The quantitative estimate of drug-likeness (QED) is 0.169. The molecule has 0 N–H and O–H groups in total. The van der Waals surface area contributed by atoms with Crippen LogP contribution in [0.15, 0.2) is 191 Å². The predicted molar refractivity (Wildman–Crippen MR) is 233 cm³/mol. The maximum Gasteiger partial charge on any atom is 0.147 e. The first-order valence-corrected chi connectivity index (χ1v) is 19.5. The van der Waals surface area contributed by atoms with Crippen LogP contribution in [-0.2, 0) is 0 Å². The summed E-state index contributed by atoms with van der Waals surface area (Å²) >= 11 is 1.86. The van der Waals surface area contributed by atoms with Crippen LogP contribution in [0.2, 0.25) is 0 Å².